The summed E-state index contributed by atoms with van der Waals surface area (Å²) in [6.45, 7) is 9.51. The Hall–Kier alpha value is -2.14. The first-order chi connectivity index (χ1) is 13.5. The third-order valence-electron chi connectivity index (χ3n) is 5.75. The van der Waals surface area contributed by atoms with Crippen molar-refractivity contribution in [2.75, 3.05) is 19.6 Å². The predicted molar refractivity (Wildman–Crippen MR) is 114 cm³/mol. The number of rotatable bonds is 8. The summed E-state index contributed by atoms with van der Waals surface area (Å²) >= 11 is 0. The number of carbonyl (C=O) groups excluding carboxylic acids is 2. The first-order valence-corrected chi connectivity index (χ1v) is 10.7. The summed E-state index contributed by atoms with van der Waals surface area (Å²) < 4.78 is 2.06. The number of hydrogen-bond donors (Lipinski definition) is 1. The van der Waals surface area contributed by atoms with Gasteiger partial charge in [0, 0.05) is 42.3 Å². The Labute approximate surface area is 168 Å². The molecule has 0 saturated carbocycles. The van der Waals surface area contributed by atoms with E-state index in [2.05, 4.69) is 35.6 Å². The van der Waals surface area contributed by atoms with E-state index >= 15 is 0 Å². The van der Waals surface area contributed by atoms with Gasteiger partial charge in [0.2, 0.25) is 0 Å². The fourth-order valence-electron chi connectivity index (χ4n) is 4.07. The van der Waals surface area contributed by atoms with E-state index in [-0.39, 0.29) is 12.1 Å². The molecule has 152 valence electrons. The van der Waals surface area contributed by atoms with Gasteiger partial charge in [0.05, 0.1) is 5.56 Å². The van der Waals surface area contributed by atoms with Crippen LogP contribution in [-0.4, -0.2) is 46.8 Å². The summed E-state index contributed by atoms with van der Waals surface area (Å²) in [4.78, 5) is 28.0. The van der Waals surface area contributed by atoms with Gasteiger partial charge in [-0.1, -0.05) is 38.0 Å². The average Bonchev–Trinajstić information content (AvgIpc) is 3.09. The third kappa shape index (κ3) is 4.64. The van der Waals surface area contributed by atoms with Crippen LogP contribution in [0.25, 0.3) is 10.9 Å². The molecule has 0 bridgehead atoms. The number of amides is 1. The molecule has 1 amide bonds. The highest BCUT2D eigenvalue weighted by Gasteiger charge is 2.26. The van der Waals surface area contributed by atoms with Crippen molar-refractivity contribution in [2.45, 2.75) is 65.0 Å². The SMILES string of the molecule is CCCCCN1CCC(NC(=O)C(=O)c2cn(C(C)C)c3ccccc23)CC1. The number of carbonyl (C=O) groups is 2. The number of hydrogen-bond acceptors (Lipinski definition) is 3. The van der Waals surface area contributed by atoms with Gasteiger partial charge in [0.15, 0.2) is 0 Å². The van der Waals surface area contributed by atoms with Gasteiger partial charge in [0.1, 0.15) is 0 Å². The lowest BCUT2D eigenvalue weighted by atomic mass is 10.0. The largest absolute Gasteiger partial charge is 0.346 e. The maximum atomic E-state index is 12.9. The second kappa shape index (κ2) is 9.37. The molecule has 3 rings (SSSR count). The summed E-state index contributed by atoms with van der Waals surface area (Å²) in [6.07, 6.45) is 7.41. The molecule has 1 aromatic carbocycles. The molecule has 5 heteroatoms. The van der Waals surface area contributed by atoms with Crippen molar-refractivity contribution in [3.8, 4) is 0 Å². The van der Waals surface area contributed by atoms with Crippen LogP contribution in [0.15, 0.2) is 30.5 Å². The number of ketones is 1. The molecule has 1 fully saturated rings. The second-order valence-electron chi connectivity index (χ2n) is 8.19. The maximum absolute atomic E-state index is 12.9. The molecule has 0 radical (unpaired) electrons. The van der Waals surface area contributed by atoms with Crippen molar-refractivity contribution >= 4 is 22.6 Å². The zero-order valence-electron chi connectivity index (χ0n) is 17.4. The van der Waals surface area contributed by atoms with Crippen LogP contribution in [-0.2, 0) is 4.79 Å². The quantitative estimate of drug-likeness (QED) is 0.423. The molecule has 1 aliphatic rings. The molecule has 2 heterocycles. The zero-order chi connectivity index (χ0) is 20.1. The van der Waals surface area contributed by atoms with Crippen molar-refractivity contribution < 1.29 is 9.59 Å². The number of nitrogens with one attached hydrogen (secondary N) is 1. The fraction of sp³-hybridized carbons (Fsp3) is 0.565. The molecule has 1 N–H and O–H groups in total. The lowest BCUT2D eigenvalue weighted by molar-refractivity contribution is -0.117. The van der Waals surface area contributed by atoms with Crippen LogP contribution < -0.4 is 5.32 Å². The Morgan fingerprint density at radius 2 is 1.86 bits per heavy atom. The van der Waals surface area contributed by atoms with Crippen molar-refractivity contribution in [3.05, 3.63) is 36.0 Å². The topological polar surface area (TPSA) is 54.3 Å². The Balaban J connectivity index is 1.62. The second-order valence-corrected chi connectivity index (χ2v) is 8.19. The Kier molecular flexibility index (Phi) is 6.89. The number of piperidine rings is 1. The minimum atomic E-state index is -0.476. The van der Waals surface area contributed by atoms with Gasteiger partial charge in [-0.25, -0.2) is 0 Å². The minimum absolute atomic E-state index is 0.0947. The van der Waals surface area contributed by atoms with Crippen LogP contribution >= 0.6 is 0 Å². The van der Waals surface area contributed by atoms with Crippen molar-refractivity contribution in [1.82, 2.24) is 14.8 Å². The highest BCUT2D eigenvalue weighted by atomic mass is 16.2. The van der Waals surface area contributed by atoms with Crippen LogP contribution in [0, 0.1) is 0 Å². The number of nitrogens with zero attached hydrogens (tertiary/aromatic N) is 2. The zero-order valence-corrected chi connectivity index (χ0v) is 17.4. The van der Waals surface area contributed by atoms with Gasteiger partial charge in [-0.05, 0) is 45.7 Å². The summed E-state index contributed by atoms with van der Waals surface area (Å²) in [6, 6.07) is 8.12. The summed E-state index contributed by atoms with van der Waals surface area (Å²) in [7, 11) is 0. The molecule has 0 aliphatic carbocycles. The lowest BCUT2D eigenvalue weighted by Gasteiger charge is -2.32. The Morgan fingerprint density at radius 3 is 2.54 bits per heavy atom. The molecule has 0 atom stereocenters. The van der Waals surface area contributed by atoms with E-state index in [0.29, 0.717) is 5.56 Å². The molecule has 28 heavy (non-hydrogen) atoms. The van der Waals surface area contributed by atoms with Gasteiger partial charge >= 0.3 is 0 Å². The van der Waals surface area contributed by atoms with E-state index in [4.69, 9.17) is 0 Å². The number of fused-ring (bicyclic) bond motifs is 1. The predicted octanol–water partition coefficient (Wildman–Crippen LogP) is 4.18. The standard InChI is InChI=1S/C23H33N3O2/c1-4-5-8-13-25-14-11-18(12-15-25)24-23(28)22(27)20-16-26(17(2)3)21-10-7-6-9-19(20)21/h6-7,9-10,16-18H,4-5,8,11-15H2,1-3H3,(H,24,28). The van der Waals surface area contributed by atoms with Gasteiger partial charge < -0.3 is 14.8 Å². The number of Topliss-reactive ketones (excluding diaryl/α,β-unsaturated/α-hetero) is 1. The van der Waals surface area contributed by atoms with E-state index in [9.17, 15) is 9.59 Å². The number of likely N-dealkylation sites (tertiary alicyclic amines) is 1. The molecule has 5 nitrogen and oxygen atoms in total. The smallest absolute Gasteiger partial charge is 0.292 e. The van der Waals surface area contributed by atoms with Crippen molar-refractivity contribution in [3.63, 3.8) is 0 Å². The molecule has 2 aromatic rings. The normalized spacial score (nSPS) is 16.0. The van der Waals surface area contributed by atoms with E-state index in [1.54, 1.807) is 0 Å². The highest BCUT2D eigenvalue weighted by molar-refractivity contribution is 6.45. The fourth-order valence-corrected chi connectivity index (χ4v) is 4.07. The molecule has 1 saturated heterocycles. The van der Waals surface area contributed by atoms with Crippen molar-refractivity contribution in [2.24, 2.45) is 0 Å². The van der Waals surface area contributed by atoms with Gasteiger partial charge in [-0.15, -0.1) is 0 Å². The maximum Gasteiger partial charge on any atom is 0.292 e. The van der Waals surface area contributed by atoms with Crippen LogP contribution in [0.2, 0.25) is 0 Å². The van der Waals surface area contributed by atoms with Gasteiger partial charge in [-0.2, -0.15) is 0 Å². The summed E-state index contributed by atoms with van der Waals surface area (Å²) in [5.41, 5.74) is 1.49. The number of aromatic nitrogens is 1. The van der Waals surface area contributed by atoms with Crippen LogP contribution in [0.4, 0.5) is 0 Å². The first-order valence-electron chi connectivity index (χ1n) is 10.7. The van der Waals surface area contributed by atoms with Gasteiger partial charge in [0.25, 0.3) is 11.7 Å². The van der Waals surface area contributed by atoms with E-state index < -0.39 is 11.7 Å². The first kappa shape index (κ1) is 20.6. The van der Waals surface area contributed by atoms with E-state index in [1.807, 2.05) is 30.5 Å². The number of para-hydroxylation sites is 1. The molecular formula is C23H33N3O2. The molecule has 0 spiro atoms. The summed E-state index contributed by atoms with van der Waals surface area (Å²) in [5, 5.41) is 3.83. The monoisotopic (exact) mass is 383 g/mol. The molecule has 0 unspecified atom stereocenters. The van der Waals surface area contributed by atoms with Crippen LogP contribution in [0.3, 0.4) is 0 Å². The van der Waals surface area contributed by atoms with Crippen LogP contribution in [0.1, 0.15) is 69.3 Å². The average molecular weight is 384 g/mol. The van der Waals surface area contributed by atoms with Crippen molar-refractivity contribution in [1.29, 1.82) is 0 Å². The van der Waals surface area contributed by atoms with E-state index in [1.165, 1.54) is 19.3 Å². The molecule has 1 aromatic heterocycles. The summed E-state index contributed by atoms with van der Waals surface area (Å²) in [5.74, 6) is -0.905. The Morgan fingerprint density at radius 1 is 1.14 bits per heavy atom. The molecule has 1 aliphatic heterocycles. The number of benzene rings is 1. The van der Waals surface area contributed by atoms with E-state index in [0.717, 1.165) is 43.4 Å². The Bertz CT molecular complexity index is 816. The number of unbranched alkanes of at least 4 members (excludes halogenated alkanes) is 2. The third-order valence-corrected chi connectivity index (χ3v) is 5.75. The van der Waals surface area contributed by atoms with Gasteiger partial charge in [-0.3, -0.25) is 9.59 Å². The highest BCUT2D eigenvalue weighted by Crippen LogP contribution is 2.25. The lowest BCUT2D eigenvalue weighted by Crippen LogP contribution is -2.46. The molecular weight excluding hydrogens is 350 g/mol. The van der Waals surface area contributed by atoms with Crippen LogP contribution in [0.5, 0.6) is 0 Å². The minimum Gasteiger partial charge on any atom is -0.346 e.